The van der Waals surface area contributed by atoms with E-state index in [0.29, 0.717) is 36.8 Å². The highest BCUT2D eigenvalue weighted by Gasteiger charge is 2.30. The molecule has 174 valence electrons. The van der Waals surface area contributed by atoms with Crippen LogP contribution in [0.4, 0.5) is 0 Å². The van der Waals surface area contributed by atoms with E-state index in [1.807, 2.05) is 13.0 Å². The van der Waals surface area contributed by atoms with Gasteiger partial charge in [0.15, 0.2) is 11.5 Å². The highest BCUT2D eigenvalue weighted by molar-refractivity contribution is 7.89. The summed E-state index contributed by atoms with van der Waals surface area (Å²) in [7, 11) is 1.09. The third-order valence-electron chi connectivity index (χ3n) is 5.64. The molecule has 0 radical (unpaired) electrons. The lowest BCUT2D eigenvalue weighted by atomic mass is 10.1. The number of carbonyl (C=O) groups excluding carboxylic acids is 1. The zero-order valence-corrected chi connectivity index (χ0v) is 19.8. The molecule has 0 N–H and O–H groups in total. The van der Waals surface area contributed by atoms with Gasteiger partial charge in [-0.05, 0) is 37.1 Å². The van der Waals surface area contributed by atoms with Crippen LogP contribution in [0.1, 0.15) is 17.5 Å². The molecule has 9 heteroatoms. The number of sulfonamides is 1. The average Bonchev–Trinajstić information content (AvgIpc) is 2.82. The molecule has 1 aliphatic heterocycles. The van der Waals surface area contributed by atoms with E-state index in [9.17, 15) is 13.2 Å². The first-order chi connectivity index (χ1) is 15.3. The summed E-state index contributed by atoms with van der Waals surface area (Å²) in [5, 5.41) is 0. The van der Waals surface area contributed by atoms with Crippen molar-refractivity contribution < 1.29 is 27.4 Å². The van der Waals surface area contributed by atoms with Gasteiger partial charge in [0.25, 0.3) is 0 Å². The van der Waals surface area contributed by atoms with E-state index >= 15 is 0 Å². The van der Waals surface area contributed by atoms with Gasteiger partial charge in [-0.2, -0.15) is 4.31 Å². The lowest BCUT2D eigenvalue weighted by molar-refractivity contribution is -0.132. The van der Waals surface area contributed by atoms with Crippen LogP contribution in [0.3, 0.4) is 0 Å². The lowest BCUT2D eigenvalue weighted by Gasteiger charge is -2.34. The van der Waals surface area contributed by atoms with Crippen LogP contribution in [-0.4, -0.2) is 71.0 Å². The predicted octanol–water partition coefficient (Wildman–Crippen LogP) is 2.49. The number of benzene rings is 2. The van der Waals surface area contributed by atoms with E-state index in [1.54, 1.807) is 56.6 Å². The van der Waals surface area contributed by atoms with Crippen molar-refractivity contribution in [2.45, 2.75) is 24.7 Å². The van der Waals surface area contributed by atoms with E-state index < -0.39 is 10.0 Å². The first-order valence-corrected chi connectivity index (χ1v) is 11.9. The summed E-state index contributed by atoms with van der Waals surface area (Å²) in [6.45, 7) is 3.21. The first-order valence-electron chi connectivity index (χ1n) is 10.4. The van der Waals surface area contributed by atoms with Crippen molar-refractivity contribution >= 4 is 15.9 Å². The number of hydrogen-bond acceptors (Lipinski definition) is 6. The summed E-state index contributed by atoms with van der Waals surface area (Å²) in [5.74, 6) is 1.59. The molecule has 1 aliphatic rings. The Labute approximate surface area is 189 Å². The smallest absolute Gasteiger partial charge is 0.243 e. The third kappa shape index (κ3) is 4.99. The fraction of sp³-hybridized carbons (Fsp3) is 0.435. The van der Waals surface area contributed by atoms with Crippen LogP contribution in [0, 0.1) is 6.92 Å². The van der Waals surface area contributed by atoms with Crippen molar-refractivity contribution in [2.75, 3.05) is 47.5 Å². The summed E-state index contributed by atoms with van der Waals surface area (Å²) in [5.41, 5.74) is 1.85. The fourth-order valence-corrected chi connectivity index (χ4v) is 5.22. The normalized spacial score (nSPS) is 14.8. The highest BCUT2D eigenvalue weighted by Crippen LogP contribution is 2.40. The van der Waals surface area contributed by atoms with E-state index in [1.165, 1.54) is 4.31 Å². The van der Waals surface area contributed by atoms with Crippen molar-refractivity contribution in [3.05, 3.63) is 47.5 Å². The Morgan fingerprint density at radius 3 is 2.06 bits per heavy atom. The average molecular weight is 463 g/mol. The molecule has 0 atom stereocenters. The van der Waals surface area contributed by atoms with Crippen molar-refractivity contribution in [1.29, 1.82) is 0 Å². The minimum atomic E-state index is -3.55. The number of amides is 1. The molecule has 0 aliphatic carbocycles. The number of ether oxygens (including phenoxy) is 3. The monoisotopic (exact) mass is 462 g/mol. The Hall–Kier alpha value is -2.78. The molecule has 1 fully saturated rings. The second kappa shape index (κ2) is 10.2. The van der Waals surface area contributed by atoms with Gasteiger partial charge in [0, 0.05) is 32.6 Å². The zero-order chi connectivity index (χ0) is 23.3. The Balaban J connectivity index is 1.60. The molecule has 2 aromatic carbocycles. The van der Waals surface area contributed by atoms with E-state index in [4.69, 9.17) is 14.2 Å². The van der Waals surface area contributed by atoms with Crippen LogP contribution in [0.15, 0.2) is 41.3 Å². The Morgan fingerprint density at radius 2 is 1.50 bits per heavy atom. The Bertz CT molecular complexity index is 1040. The number of carbonyl (C=O) groups is 1. The maximum absolute atomic E-state index is 12.9. The molecule has 8 nitrogen and oxygen atoms in total. The fourth-order valence-electron chi connectivity index (χ4n) is 3.80. The highest BCUT2D eigenvalue weighted by atomic mass is 32.2. The van der Waals surface area contributed by atoms with Gasteiger partial charge in [0.2, 0.25) is 21.7 Å². The van der Waals surface area contributed by atoms with Gasteiger partial charge in [0.1, 0.15) is 0 Å². The van der Waals surface area contributed by atoms with Crippen molar-refractivity contribution in [2.24, 2.45) is 0 Å². The van der Waals surface area contributed by atoms with Crippen LogP contribution in [0.5, 0.6) is 17.2 Å². The van der Waals surface area contributed by atoms with Gasteiger partial charge in [-0.3, -0.25) is 4.79 Å². The minimum absolute atomic E-state index is 0.0192. The van der Waals surface area contributed by atoms with Gasteiger partial charge in [0.05, 0.1) is 26.2 Å². The van der Waals surface area contributed by atoms with Gasteiger partial charge in [-0.15, -0.1) is 0 Å². The van der Waals surface area contributed by atoms with E-state index in [2.05, 4.69) is 0 Å². The number of rotatable bonds is 8. The SMILES string of the molecule is COc1ccc(CCC(=O)N2CCN(S(=O)(=O)c3ccc(C)cc3)CC2)c(OC)c1OC. The molecule has 0 bridgehead atoms. The molecule has 1 saturated heterocycles. The third-order valence-corrected chi connectivity index (χ3v) is 7.56. The Kier molecular flexibility index (Phi) is 7.63. The maximum Gasteiger partial charge on any atom is 0.243 e. The first kappa shape index (κ1) is 23.9. The van der Waals surface area contributed by atoms with Crippen molar-refractivity contribution in [1.82, 2.24) is 9.21 Å². The van der Waals surface area contributed by atoms with Gasteiger partial charge in [-0.25, -0.2) is 8.42 Å². The van der Waals surface area contributed by atoms with Gasteiger partial charge < -0.3 is 19.1 Å². The summed E-state index contributed by atoms with van der Waals surface area (Å²) >= 11 is 0. The van der Waals surface area contributed by atoms with Crippen LogP contribution in [0.25, 0.3) is 0 Å². The number of methoxy groups -OCH3 is 3. The molecule has 0 saturated carbocycles. The summed E-state index contributed by atoms with van der Waals surface area (Å²) in [4.78, 5) is 14.8. The minimum Gasteiger partial charge on any atom is -0.493 e. The molecule has 32 heavy (non-hydrogen) atoms. The van der Waals surface area contributed by atoms with E-state index in [0.717, 1.165) is 11.1 Å². The standard InChI is InChI=1S/C23H30N2O6S/c1-17-5-9-19(10-6-17)32(27,28)25-15-13-24(14-16-25)21(26)12-8-18-7-11-20(29-2)23(31-4)22(18)30-3/h5-7,9-11H,8,12-16H2,1-4H3. The van der Waals surface area contributed by atoms with E-state index in [-0.39, 0.29) is 30.3 Å². The summed E-state index contributed by atoms with van der Waals surface area (Å²) < 4.78 is 43.3. The lowest BCUT2D eigenvalue weighted by Crippen LogP contribution is -2.50. The summed E-state index contributed by atoms with van der Waals surface area (Å²) in [6.07, 6.45) is 0.765. The molecule has 3 rings (SSSR count). The molecule has 1 heterocycles. The molecule has 1 amide bonds. The van der Waals surface area contributed by atoms with Crippen LogP contribution < -0.4 is 14.2 Å². The number of hydrogen-bond donors (Lipinski definition) is 0. The van der Waals surface area contributed by atoms with Crippen LogP contribution in [-0.2, 0) is 21.2 Å². The predicted molar refractivity (Wildman–Crippen MR) is 121 cm³/mol. The van der Waals surface area contributed by atoms with Crippen molar-refractivity contribution in [3.8, 4) is 17.2 Å². The second-order valence-corrected chi connectivity index (χ2v) is 9.53. The Morgan fingerprint density at radius 1 is 0.875 bits per heavy atom. The molecule has 0 spiro atoms. The summed E-state index contributed by atoms with van der Waals surface area (Å²) in [6, 6.07) is 10.5. The molecule has 0 aromatic heterocycles. The quantitative estimate of drug-likeness (QED) is 0.599. The second-order valence-electron chi connectivity index (χ2n) is 7.59. The molecular weight excluding hydrogens is 432 g/mol. The zero-order valence-electron chi connectivity index (χ0n) is 19.0. The largest absolute Gasteiger partial charge is 0.493 e. The van der Waals surface area contributed by atoms with Crippen molar-refractivity contribution in [3.63, 3.8) is 0 Å². The van der Waals surface area contributed by atoms with Gasteiger partial charge in [-0.1, -0.05) is 23.8 Å². The number of nitrogens with zero attached hydrogens (tertiary/aromatic N) is 2. The number of piperazine rings is 1. The van der Waals surface area contributed by atoms with Gasteiger partial charge >= 0.3 is 0 Å². The molecule has 2 aromatic rings. The maximum atomic E-state index is 12.9. The van der Waals surface area contributed by atoms with Crippen LogP contribution in [0.2, 0.25) is 0 Å². The topological polar surface area (TPSA) is 85.4 Å². The number of aryl methyl sites for hydroxylation is 2. The van der Waals surface area contributed by atoms with Crippen LogP contribution >= 0.6 is 0 Å². The molecular formula is C23H30N2O6S. The molecule has 0 unspecified atom stereocenters.